The molecule has 2 fully saturated rings. The molecular weight excluding hydrogens is 670 g/mol. The van der Waals surface area contributed by atoms with Gasteiger partial charge in [-0.15, -0.1) is 0 Å². The Morgan fingerprint density at radius 3 is 1.96 bits per heavy atom. The summed E-state index contributed by atoms with van der Waals surface area (Å²) in [6.07, 6.45) is 5.46. The molecule has 1 aliphatic carbocycles. The summed E-state index contributed by atoms with van der Waals surface area (Å²) in [5.41, 5.74) is 2.90. The Balaban J connectivity index is 1.43. The van der Waals surface area contributed by atoms with Crippen molar-refractivity contribution in [3.63, 3.8) is 0 Å². The van der Waals surface area contributed by atoms with Gasteiger partial charge in [0.2, 0.25) is 20.0 Å². The average molecular weight is 717 g/mol. The first-order valence-corrected chi connectivity index (χ1v) is 19.7. The zero-order valence-electron chi connectivity index (χ0n) is 26.6. The van der Waals surface area contributed by atoms with Crippen LogP contribution in [0.15, 0.2) is 87.1 Å². The molecule has 0 amide bonds. The Kier molecular flexibility index (Phi) is 10.9. The highest BCUT2D eigenvalue weighted by Gasteiger charge is 2.35. The molecule has 45 heavy (non-hydrogen) atoms. The molecule has 0 radical (unpaired) electrons. The molecule has 0 unspecified atom stereocenters. The molecule has 0 bridgehead atoms. The van der Waals surface area contributed by atoms with Gasteiger partial charge < -0.3 is 5.32 Å². The SMILES string of the molecule is CC(C)(C)c1cc(Br)cc(CN(C2CCCC2)S(=O)(=O)c2ccc(S(=O)(=O)N(Cc3ccccc3)CC3CCNCC3)cc2)c1. The number of hydrogen-bond donors (Lipinski definition) is 1. The highest BCUT2D eigenvalue weighted by Crippen LogP contribution is 2.33. The summed E-state index contributed by atoms with van der Waals surface area (Å²) in [4.78, 5) is 0.230. The topological polar surface area (TPSA) is 86.8 Å². The number of nitrogens with one attached hydrogen (secondary N) is 1. The van der Waals surface area contributed by atoms with Crippen LogP contribution >= 0.6 is 15.9 Å². The fourth-order valence-corrected chi connectivity index (χ4v) is 10.1. The van der Waals surface area contributed by atoms with Crippen LogP contribution in [0.2, 0.25) is 0 Å². The van der Waals surface area contributed by atoms with Gasteiger partial charge in [-0.1, -0.05) is 85.9 Å². The molecule has 1 heterocycles. The van der Waals surface area contributed by atoms with Crippen molar-refractivity contribution in [2.45, 2.75) is 93.6 Å². The third-order valence-corrected chi connectivity index (χ3v) is 13.3. The van der Waals surface area contributed by atoms with Crippen molar-refractivity contribution in [1.29, 1.82) is 0 Å². The minimum Gasteiger partial charge on any atom is -0.317 e. The highest BCUT2D eigenvalue weighted by atomic mass is 79.9. The standard InChI is InChI=1S/C35H46BrN3O4S2/c1-35(2,3)30-21-29(22-31(36)23-30)26-39(32-11-7-8-12-32)45(42,43)34-15-13-33(14-16-34)44(40,41)38(24-27-9-5-4-6-10-27)25-28-17-19-37-20-18-28/h4-6,9-10,13-16,21-23,28,32,37H,7-8,11-12,17-20,24-26H2,1-3H3. The van der Waals surface area contributed by atoms with Gasteiger partial charge in [-0.2, -0.15) is 8.61 Å². The summed E-state index contributed by atoms with van der Waals surface area (Å²) in [5, 5.41) is 3.35. The van der Waals surface area contributed by atoms with Crippen LogP contribution in [0.5, 0.6) is 0 Å². The van der Waals surface area contributed by atoms with E-state index in [0.717, 1.165) is 72.8 Å². The third-order valence-electron chi connectivity index (χ3n) is 9.08. The first-order chi connectivity index (χ1) is 21.3. The maximum Gasteiger partial charge on any atom is 0.243 e. The van der Waals surface area contributed by atoms with Gasteiger partial charge in [0, 0.05) is 30.1 Å². The molecule has 7 nitrogen and oxygen atoms in total. The maximum absolute atomic E-state index is 14.2. The molecule has 244 valence electrons. The van der Waals surface area contributed by atoms with Gasteiger partial charge in [-0.05, 0) is 103 Å². The van der Waals surface area contributed by atoms with E-state index in [1.165, 1.54) is 24.3 Å². The van der Waals surface area contributed by atoms with E-state index in [1.54, 1.807) is 8.61 Å². The van der Waals surface area contributed by atoms with Crippen LogP contribution in [0, 0.1) is 5.92 Å². The van der Waals surface area contributed by atoms with Crippen molar-refractivity contribution in [3.8, 4) is 0 Å². The zero-order chi connectivity index (χ0) is 32.2. The molecule has 5 rings (SSSR count). The molecule has 0 spiro atoms. The zero-order valence-corrected chi connectivity index (χ0v) is 29.8. The van der Waals surface area contributed by atoms with E-state index in [1.807, 2.05) is 36.4 Å². The van der Waals surface area contributed by atoms with Crippen molar-refractivity contribution in [2.24, 2.45) is 5.92 Å². The van der Waals surface area contributed by atoms with E-state index in [2.05, 4.69) is 54.2 Å². The van der Waals surface area contributed by atoms with Gasteiger partial charge in [0.1, 0.15) is 0 Å². The lowest BCUT2D eigenvalue weighted by atomic mass is 9.86. The summed E-state index contributed by atoms with van der Waals surface area (Å²) < 4.78 is 60.7. The molecule has 3 aromatic rings. The summed E-state index contributed by atoms with van der Waals surface area (Å²) in [5.74, 6) is 0.265. The second kappa shape index (κ2) is 14.4. The van der Waals surface area contributed by atoms with Crippen LogP contribution in [-0.2, 0) is 38.6 Å². The molecular formula is C35H46BrN3O4S2. The van der Waals surface area contributed by atoms with Gasteiger partial charge in [0.15, 0.2) is 0 Å². The predicted molar refractivity (Wildman–Crippen MR) is 184 cm³/mol. The Bertz CT molecular complexity index is 1650. The fraction of sp³-hybridized carbons (Fsp3) is 0.486. The summed E-state index contributed by atoms with van der Waals surface area (Å²) in [7, 11) is -7.76. The Labute approximate surface area is 278 Å². The lowest BCUT2D eigenvalue weighted by Gasteiger charge is -2.30. The number of benzene rings is 3. The summed E-state index contributed by atoms with van der Waals surface area (Å²) in [6.45, 7) is 9.16. The van der Waals surface area contributed by atoms with Gasteiger partial charge in [-0.25, -0.2) is 16.8 Å². The molecule has 1 saturated carbocycles. The smallest absolute Gasteiger partial charge is 0.243 e. The van der Waals surface area contributed by atoms with Gasteiger partial charge in [0.05, 0.1) is 9.79 Å². The second-order valence-corrected chi connectivity index (χ2v) is 18.3. The van der Waals surface area contributed by atoms with Gasteiger partial charge in [0.25, 0.3) is 0 Å². The lowest BCUT2D eigenvalue weighted by molar-refractivity contribution is 0.284. The molecule has 2 aliphatic rings. The quantitative estimate of drug-likeness (QED) is 0.230. The molecule has 3 aromatic carbocycles. The molecule has 1 aliphatic heterocycles. The highest BCUT2D eigenvalue weighted by molar-refractivity contribution is 9.10. The fourth-order valence-electron chi connectivity index (χ4n) is 6.41. The minimum absolute atomic E-state index is 0.0841. The predicted octanol–water partition coefficient (Wildman–Crippen LogP) is 7.07. The number of rotatable bonds is 11. The van der Waals surface area contributed by atoms with Crippen molar-refractivity contribution >= 4 is 36.0 Å². The molecule has 1 N–H and O–H groups in total. The van der Waals surface area contributed by atoms with Crippen LogP contribution in [0.3, 0.4) is 0 Å². The van der Waals surface area contributed by atoms with Gasteiger partial charge in [-0.3, -0.25) is 0 Å². The lowest BCUT2D eigenvalue weighted by Crippen LogP contribution is -2.39. The minimum atomic E-state index is -3.89. The number of nitrogens with zero attached hydrogens (tertiary/aromatic N) is 2. The Morgan fingerprint density at radius 2 is 1.36 bits per heavy atom. The summed E-state index contributed by atoms with van der Waals surface area (Å²) in [6, 6.07) is 21.6. The first kappa shape index (κ1) is 34.3. The Morgan fingerprint density at radius 1 is 0.756 bits per heavy atom. The van der Waals surface area contributed by atoms with Crippen molar-refractivity contribution in [2.75, 3.05) is 19.6 Å². The largest absolute Gasteiger partial charge is 0.317 e. The monoisotopic (exact) mass is 715 g/mol. The maximum atomic E-state index is 14.2. The van der Waals surface area contributed by atoms with E-state index >= 15 is 0 Å². The number of halogens is 1. The second-order valence-electron chi connectivity index (χ2n) is 13.5. The average Bonchev–Trinajstić information content (AvgIpc) is 3.54. The molecule has 0 aromatic heterocycles. The number of piperidine rings is 1. The van der Waals surface area contributed by atoms with Crippen LogP contribution in [0.4, 0.5) is 0 Å². The molecule has 10 heteroatoms. The van der Waals surface area contributed by atoms with Crippen molar-refractivity contribution < 1.29 is 16.8 Å². The number of sulfonamides is 2. The van der Waals surface area contributed by atoms with Crippen molar-refractivity contribution in [3.05, 3.63) is 94.0 Å². The van der Waals surface area contributed by atoms with E-state index in [4.69, 9.17) is 0 Å². The van der Waals surface area contributed by atoms with E-state index in [-0.39, 0.29) is 40.3 Å². The van der Waals surface area contributed by atoms with E-state index in [9.17, 15) is 16.8 Å². The summed E-state index contributed by atoms with van der Waals surface area (Å²) >= 11 is 3.63. The van der Waals surface area contributed by atoms with Crippen LogP contribution in [0.25, 0.3) is 0 Å². The number of hydrogen-bond acceptors (Lipinski definition) is 5. The normalized spacial score (nSPS) is 17.4. The van der Waals surface area contributed by atoms with Crippen LogP contribution < -0.4 is 5.32 Å². The molecule has 1 saturated heterocycles. The third kappa shape index (κ3) is 8.45. The van der Waals surface area contributed by atoms with Crippen LogP contribution in [0.1, 0.15) is 76.0 Å². The van der Waals surface area contributed by atoms with E-state index in [0.29, 0.717) is 6.54 Å². The Hall–Kier alpha value is -2.08. The molecule has 0 atom stereocenters. The van der Waals surface area contributed by atoms with Crippen molar-refractivity contribution in [1.82, 2.24) is 13.9 Å². The van der Waals surface area contributed by atoms with Crippen LogP contribution in [-0.4, -0.2) is 51.1 Å². The first-order valence-electron chi connectivity index (χ1n) is 16.0. The van der Waals surface area contributed by atoms with E-state index < -0.39 is 20.0 Å². The van der Waals surface area contributed by atoms with Gasteiger partial charge >= 0.3 is 0 Å².